The lowest BCUT2D eigenvalue weighted by molar-refractivity contribution is -0.140. The fourth-order valence-corrected chi connectivity index (χ4v) is 5.14. The van der Waals surface area contributed by atoms with E-state index in [1.807, 2.05) is 0 Å². The molecule has 0 radical (unpaired) electrons. The molecule has 2 N–H and O–H groups in total. The van der Waals surface area contributed by atoms with Crippen molar-refractivity contribution in [3.63, 3.8) is 0 Å². The highest BCUT2D eigenvalue weighted by molar-refractivity contribution is 7.91. The van der Waals surface area contributed by atoms with Crippen LogP contribution < -0.4 is 15.4 Å². The number of carbonyl (C=O) groups excluding carboxylic acids is 2. The number of benzene rings is 4. The van der Waals surface area contributed by atoms with Crippen molar-refractivity contribution in [3.8, 4) is 11.5 Å². The average Bonchev–Trinajstić information content (AvgIpc) is 2.89. The molecule has 4 aromatic rings. The Morgan fingerprint density at radius 2 is 1.39 bits per heavy atom. The number of carbonyl (C=O) groups is 2. The number of halogens is 6. The smallest absolute Gasteiger partial charge is 0.417 e. The Morgan fingerprint density at radius 3 is 1.98 bits per heavy atom. The van der Waals surface area contributed by atoms with Crippen LogP contribution in [0.3, 0.4) is 0 Å². The number of sulfone groups is 1. The third-order valence-electron chi connectivity index (χ3n) is 5.43. The van der Waals surface area contributed by atoms with Crippen LogP contribution in [0.1, 0.15) is 15.9 Å². The molecule has 0 aliphatic carbocycles. The molecule has 0 saturated carbocycles. The highest BCUT2D eigenvalue weighted by atomic mass is 35.5. The number of alkyl halides is 3. The first-order valence-corrected chi connectivity index (χ1v) is 13.2. The van der Waals surface area contributed by atoms with Gasteiger partial charge in [0.25, 0.3) is 5.91 Å². The molecule has 3 amide bonds. The summed E-state index contributed by atoms with van der Waals surface area (Å²) in [7, 11) is -4.55. The van der Waals surface area contributed by atoms with Crippen molar-refractivity contribution >= 4 is 39.1 Å². The molecule has 212 valence electrons. The molecule has 0 atom stereocenters. The zero-order valence-corrected chi connectivity index (χ0v) is 21.9. The number of nitrogens with one attached hydrogen (secondary N) is 2. The summed E-state index contributed by atoms with van der Waals surface area (Å²) in [5.74, 6) is -3.97. The van der Waals surface area contributed by atoms with E-state index in [0.717, 1.165) is 42.5 Å². The summed E-state index contributed by atoms with van der Waals surface area (Å²) in [6.45, 7) is 0. The monoisotopic (exact) mass is 610 g/mol. The van der Waals surface area contributed by atoms with Gasteiger partial charge in [0.2, 0.25) is 9.84 Å². The number of urea groups is 1. The fraction of sp³-hybridized carbons (Fsp3) is 0.0370. The first-order valence-electron chi connectivity index (χ1n) is 11.3. The molecule has 0 heterocycles. The van der Waals surface area contributed by atoms with Gasteiger partial charge in [0, 0.05) is 10.7 Å². The van der Waals surface area contributed by atoms with Crippen LogP contribution in [0.2, 0.25) is 5.02 Å². The molecule has 4 rings (SSSR count). The quantitative estimate of drug-likeness (QED) is 0.224. The summed E-state index contributed by atoms with van der Waals surface area (Å²) in [4.78, 5) is 22.7. The van der Waals surface area contributed by atoms with E-state index >= 15 is 0 Å². The van der Waals surface area contributed by atoms with Crippen LogP contribution in [-0.2, 0) is 16.0 Å². The van der Waals surface area contributed by atoms with E-state index in [0.29, 0.717) is 6.07 Å². The Labute approximate surface area is 234 Å². The molecule has 0 fully saturated rings. The molecule has 0 spiro atoms. The Kier molecular flexibility index (Phi) is 8.31. The Bertz CT molecular complexity index is 1710. The molecule has 41 heavy (non-hydrogen) atoms. The highest BCUT2D eigenvalue weighted by Gasteiger charge is 2.38. The molecule has 0 aliphatic heterocycles. The van der Waals surface area contributed by atoms with Gasteiger partial charge >= 0.3 is 12.2 Å². The third-order valence-corrected chi connectivity index (χ3v) is 7.51. The van der Waals surface area contributed by atoms with E-state index in [9.17, 15) is 40.0 Å². The zero-order chi connectivity index (χ0) is 29.9. The van der Waals surface area contributed by atoms with E-state index in [2.05, 4.69) is 5.32 Å². The summed E-state index contributed by atoms with van der Waals surface area (Å²) in [6.07, 6.45) is -5.04. The van der Waals surface area contributed by atoms with Crippen LogP contribution in [0, 0.1) is 11.6 Å². The molecule has 0 aliphatic rings. The minimum atomic E-state index is -5.04. The van der Waals surface area contributed by atoms with Gasteiger partial charge in [-0.25, -0.2) is 22.0 Å². The lowest BCUT2D eigenvalue weighted by Crippen LogP contribution is -2.35. The number of hydrogen-bond donors (Lipinski definition) is 2. The summed E-state index contributed by atoms with van der Waals surface area (Å²) in [6, 6.07) is 13.7. The van der Waals surface area contributed by atoms with E-state index in [1.54, 1.807) is 5.32 Å². The van der Waals surface area contributed by atoms with Gasteiger partial charge in [-0.2, -0.15) is 13.2 Å². The number of hydrogen-bond acceptors (Lipinski definition) is 5. The van der Waals surface area contributed by atoms with Crippen molar-refractivity contribution in [3.05, 3.63) is 113 Å². The van der Waals surface area contributed by atoms with Crippen molar-refractivity contribution in [1.29, 1.82) is 0 Å². The van der Waals surface area contributed by atoms with Crippen LogP contribution >= 0.6 is 11.6 Å². The number of rotatable bonds is 6. The van der Waals surface area contributed by atoms with Crippen LogP contribution in [0.25, 0.3) is 0 Å². The molecule has 7 nitrogen and oxygen atoms in total. The fourth-order valence-electron chi connectivity index (χ4n) is 3.55. The van der Waals surface area contributed by atoms with E-state index in [4.69, 9.17) is 16.3 Å². The number of anilines is 1. The second kappa shape index (κ2) is 11.6. The highest BCUT2D eigenvalue weighted by Crippen LogP contribution is 2.39. The second-order valence-corrected chi connectivity index (χ2v) is 10.6. The Hall–Kier alpha value is -4.49. The lowest BCUT2D eigenvalue weighted by atomic mass is 10.2. The standard InChI is InChI=1S/C27H16ClF5N2O5S/c28-15-4-11-19(12-5-15)41(38,39)23-13-10-18(14-20(23)27(31,32)33)40-17-8-6-16(7-9-17)34-26(37)35-25(36)24-21(29)2-1-3-22(24)30/h1-14H,(H2,34,35,36,37). The van der Waals surface area contributed by atoms with Gasteiger partial charge in [-0.1, -0.05) is 17.7 Å². The predicted octanol–water partition coefficient (Wildman–Crippen LogP) is 7.22. The van der Waals surface area contributed by atoms with Crippen LogP contribution in [0.4, 0.5) is 32.4 Å². The largest absolute Gasteiger partial charge is 0.457 e. The molecule has 0 saturated heterocycles. The summed E-state index contributed by atoms with van der Waals surface area (Å²) in [5, 5.41) is 4.23. The minimum Gasteiger partial charge on any atom is -0.457 e. The van der Waals surface area contributed by atoms with Crippen molar-refractivity contribution < 1.29 is 44.7 Å². The predicted molar refractivity (Wildman–Crippen MR) is 138 cm³/mol. The molecule has 4 aromatic carbocycles. The summed E-state index contributed by atoms with van der Waals surface area (Å²) < 4.78 is 100. The van der Waals surface area contributed by atoms with Crippen LogP contribution in [0.15, 0.2) is 94.7 Å². The zero-order valence-electron chi connectivity index (χ0n) is 20.3. The van der Waals surface area contributed by atoms with Gasteiger partial charge in [0.1, 0.15) is 28.7 Å². The molecule has 0 bridgehead atoms. The second-order valence-electron chi connectivity index (χ2n) is 8.24. The number of amides is 3. The normalized spacial score (nSPS) is 11.6. The molecule has 14 heteroatoms. The maximum absolute atomic E-state index is 13.8. The van der Waals surface area contributed by atoms with E-state index < -0.39 is 55.6 Å². The van der Waals surface area contributed by atoms with Gasteiger partial charge in [-0.15, -0.1) is 0 Å². The first kappa shape index (κ1) is 29.5. The van der Waals surface area contributed by atoms with Crippen molar-refractivity contribution in [2.75, 3.05) is 5.32 Å². The van der Waals surface area contributed by atoms with Gasteiger partial charge in [-0.05, 0) is 78.9 Å². The number of ether oxygens (including phenoxy) is 1. The first-order chi connectivity index (χ1) is 19.3. The summed E-state index contributed by atoms with van der Waals surface area (Å²) in [5.41, 5.74) is -2.30. The third kappa shape index (κ3) is 6.81. The van der Waals surface area contributed by atoms with E-state index in [-0.39, 0.29) is 27.1 Å². The topological polar surface area (TPSA) is 102 Å². The van der Waals surface area contributed by atoms with Crippen LogP contribution in [-0.4, -0.2) is 20.4 Å². The number of imide groups is 1. The van der Waals surface area contributed by atoms with Gasteiger partial charge in [-0.3, -0.25) is 10.1 Å². The molecule has 0 aromatic heterocycles. The maximum Gasteiger partial charge on any atom is 0.417 e. The average molecular weight is 611 g/mol. The van der Waals surface area contributed by atoms with Gasteiger partial charge in [0.05, 0.1) is 15.4 Å². The van der Waals surface area contributed by atoms with Crippen LogP contribution in [0.5, 0.6) is 11.5 Å². The molecule has 0 unspecified atom stereocenters. The minimum absolute atomic E-state index is 0.0156. The van der Waals surface area contributed by atoms with E-state index in [1.165, 1.54) is 36.4 Å². The maximum atomic E-state index is 13.8. The molecular formula is C27H16ClF5N2O5S. The molecular weight excluding hydrogens is 595 g/mol. The lowest BCUT2D eigenvalue weighted by Gasteiger charge is -2.15. The Balaban J connectivity index is 1.49. The van der Waals surface area contributed by atoms with Crippen molar-refractivity contribution in [2.24, 2.45) is 0 Å². The Morgan fingerprint density at radius 1 is 0.805 bits per heavy atom. The summed E-state index contributed by atoms with van der Waals surface area (Å²) >= 11 is 5.74. The SMILES string of the molecule is O=C(NC(=O)c1c(F)cccc1F)Nc1ccc(Oc2ccc(S(=O)(=O)c3ccc(Cl)cc3)c(C(F)(F)F)c2)cc1. The van der Waals surface area contributed by atoms with Gasteiger partial charge in [0.15, 0.2) is 0 Å². The van der Waals surface area contributed by atoms with Gasteiger partial charge < -0.3 is 10.1 Å². The van der Waals surface area contributed by atoms with Crippen molar-refractivity contribution in [2.45, 2.75) is 16.0 Å². The van der Waals surface area contributed by atoms with Crippen molar-refractivity contribution in [1.82, 2.24) is 5.32 Å².